The van der Waals surface area contributed by atoms with Crippen molar-refractivity contribution in [2.75, 3.05) is 5.73 Å². The summed E-state index contributed by atoms with van der Waals surface area (Å²) in [5.74, 6) is 0.449. The molecule has 90 valence electrons. The predicted molar refractivity (Wildman–Crippen MR) is 71.6 cm³/mol. The van der Waals surface area contributed by atoms with Crippen LogP contribution in [0.2, 0.25) is 0 Å². The van der Waals surface area contributed by atoms with Crippen LogP contribution in [0.1, 0.15) is 5.56 Å². The number of thiophene rings is 1. The summed E-state index contributed by atoms with van der Waals surface area (Å²) in [4.78, 5) is 21.1. The minimum absolute atomic E-state index is 0.0309. The van der Waals surface area contributed by atoms with E-state index in [1.54, 1.807) is 29.2 Å². The SMILES string of the molecule is Nc1cc(Cn2cnc3sccc3c2=O)ccn1. The molecule has 5 nitrogen and oxygen atoms in total. The van der Waals surface area contributed by atoms with E-state index < -0.39 is 0 Å². The summed E-state index contributed by atoms with van der Waals surface area (Å²) < 4.78 is 1.57. The van der Waals surface area contributed by atoms with Crippen molar-refractivity contribution in [3.8, 4) is 0 Å². The first-order chi connectivity index (χ1) is 8.74. The van der Waals surface area contributed by atoms with Crippen molar-refractivity contribution in [3.05, 3.63) is 52.0 Å². The number of nitrogens with zero attached hydrogens (tertiary/aromatic N) is 3. The van der Waals surface area contributed by atoms with Crippen LogP contribution in [0.3, 0.4) is 0 Å². The molecule has 0 aliphatic rings. The van der Waals surface area contributed by atoms with Gasteiger partial charge in [0.25, 0.3) is 5.56 Å². The Morgan fingerprint density at radius 3 is 3.06 bits per heavy atom. The molecular weight excluding hydrogens is 248 g/mol. The lowest BCUT2D eigenvalue weighted by atomic mass is 10.2. The minimum Gasteiger partial charge on any atom is -0.384 e. The van der Waals surface area contributed by atoms with Gasteiger partial charge >= 0.3 is 0 Å². The molecular formula is C12H10N4OS. The van der Waals surface area contributed by atoms with E-state index in [4.69, 9.17) is 5.73 Å². The number of pyridine rings is 1. The van der Waals surface area contributed by atoms with Crippen LogP contribution >= 0.6 is 11.3 Å². The summed E-state index contributed by atoms with van der Waals surface area (Å²) in [6.07, 6.45) is 3.20. The standard InChI is InChI=1S/C12H10N4OS/c13-10-5-8(1-3-14-10)6-16-7-15-11-9(12(16)17)2-4-18-11/h1-5,7H,6H2,(H2,13,14). The zero-order valence-electron chi connectivity index (χ0n) is 9.41. The maximum atomic E-state index is 12.2. The lowest BCUT2D eigenvalue weighted by molar-refractivity contribution is 0.748. The largest absolute Gasteiger partial charge is 0.384 e. The average Bonchev–Trinajstić information content (AvgIpc) is 2.82. The number of fused-ring (bicyclic) bond motifs is 1. The molecule has 3 rings (SSSR count). The van der Waals surface area contributed by atoms with Gasteiger partial charge in [-0.25, -0.2) is 9.97 Å². The van der Waals surface area contributed by atoms with Gasteiger partial charge < -0.3 is 5.73 Å². The number of nitrogen functional groups attached to an aromatic ring is 1. The molecule has 3 aromatic heterocycles. The first kappa shape index (κ1) is 10.9. The molecule has 2 N–H and O–H groups in total. The van der Waals surface area contributed by atoms with Crippen LogP contribution in [0.4, 0.5) is 5.82 Å². The van der Waals surface area contributed by atoms with Crippen molar-refractivity contribution >= 4 is 27.4 Å². The van der Waals surface area contributed by atoms with Gasteiger partial charge in [-0.1, -0.05) is 0 Å². The molecule has 0 atom stereocenters. The molecule has 0 saturated heterocycles. The highest BCUT2D eigenvalue weighted by atomic mass is 32.1. The highest BCUT2D eigenvalue weighted by Crippen LogP contribution is 2.13. The molecule has 3 aromatic rings. The van der Waals surface area contributed by atoms with Crippen LogP contribution in [0, 0.1) is 0 Å². The Bertz CT molecular complexity index is 762. The van der Waals surface area contributed by atoms with Gasteiger partial charge in [-0.15, -0.1) is 11.3 Å². The molecule has 18 heavy (non-hydrogen) atoms. The molecule has 0 aliphatic carbocycles. The van der Waals surface area contributed by atoms with Gasteiger partial charge in [0.05, 0.1) is 18.3 Å². The van der Waals surface area contributed by atoms with E-state index in [9.17, 15) is 4.79 Å². The van der Waals surface area contributed by atoms with E-state index in [1.807, 2.05) is 11.4 Å². The fourth-order valence-electron chi connectivity index (χ4n) is 1.80. The van der Waals surface area contributed by atoms with E-state index in [0.29, 0.717) is 17.7 Å². The molecule has 0 amide bonds. The van der Waals surface area contributed by atoms with Crippen LogP contribution in [0.25, 0.3) is 10.2 Å². The van der Waals surface area contributed by atoms with Gasteiger partial charge in [0.2, 0.25) is 0 Å². The Balaban J connectivity index is 2.05. The molecule has 0 fully saturated rings. The third kappa shape index (κ3) is 1.86. The number of hydrogen-bond acceptors (Lipinski definition) is 5. The summed E-state index contributed by atoms with van der Waals surface area (Å²) in [6, 6.07) is 5.39. The predicted octanol–water partition coefficient (Wildman–Crippen LogP) is 1.48. The van der Waals surface area contributed by atoms with E-state index in [0.717, 1.165) is 10.4 Å². The fraction of sp³-hybridized carbons (Fsp3) is 0.0833. The Morgan fingerprint density at radius 1 is 1.33 bits per heavy atom. The van der Waals surface area contributed by atoms with Crippen molar-refractivity contribution in [3.63, 3.8) is 0 Å². The van der Waals surface area contributed by atoms with Crippen molar-refractivity contribution in [1.29, 1.82) is 0 Å². The second kappa shape index (κ2) is 4.23. The zero-order valence-corrected chi connectivity index (χ0v) is 10.2. The van der Waals surface area contributed by atoms with Crippen molar-refractivity contribution < 1.29 is 0 Å². The van der Waals surface area contributed by atoms with E-state index in [-0.39, 0.29) is 5.56 Å². The highest BCUT2D eigenvalue weighted by molar-refractivity contribution is 7.16. The van der Waals surface area contributed by atoms with Crippen molar-refractivity contribution in [1.82, 2.24) is 14.5 Å². The highest BCUT2D eigenvalue weighted by Gasteiger charge is 2.05. The van der Waals surface area contributed by atoms with Crippen LogP contribution in [-0.4, -0.2) is 14.5 Å². The molecule has 6 heteroatoms. The molecule has 0 aromatic carbocycles. The van der Waals surface area contributed by atoms with Gasteiger partial charge in [-0.3, -0.25) is 9.36 Å². The topological polar surface area (TPSA) is 73.8 Å². The second-order valence-corrected chi connectivity index (χ2v) is 4.80. The maximum absolute atomic E-state index is 12.2. The number of rotatable bonds is 2. The third-order valence-corrected chi connectivity index (χ3v) is 3.47. The zero-order chi connectivity index (χ0) is 12.5. The summed E-state index contributed by atoms with van der Waals surface area (Å²) in [5, 5.41) is 2.53. The molecule has 3 heterocycles. The second-order valence-electron chi connectivity index (χ2n) is 3.91. The Hall–Kier alpha value is -2.21. The summed E-state index contributed by atoms with van der Waals surface area (Å²) >= 11 is 1.46. The quantitative estimate of drug-likeness (QED) is 0.755. The van der Waals surface area contributed by atoms with Gasteiger partial charge in [-0.2, -0.15) is 0 Å². The van der Waals surface area contributed by atoms with Gasteiger partial charge in [0, 0.05) is 6.20 Å². The summed E-state index contributed by atoms with van der Waals surface area (Å²) in [7, 11) is 0. The summed E-state index contributed by atoms with van der Waals surface area (Å²) in [6.45, 7) is 0.449. The number of hydrogen-bond donors (Lipinski definition) is 1. The van der Waals surface area contributed by atoms with Crippen molar-refractivity contribution in [2.24, 2.45) is 0 Å². The number of aromatic nitrogens is 3. The van der Waals surface area contributed by atoms with E-state index >= 15 is 0 Å². The molecule has 0 saturated carbocycles. The molecule has 0 aliphatic heterocycles. The first-order valence-corrected chi connectivity index (χ1v) is 6.25. The van der Waals surface area contributed by atoms with E-state index in [2.05, 4.69) is 9.97 Å². The fourth-order valence-corrected chi connectivity index (χ4v) is 2.52. The monoisotopic (exact) mass is 258 g/mol. The average molecular weight is 258 g/mol. The van der Waals surface area contributed by atoms with Gasteiger partial charge in [0.1, 0.15) is 10.6 Å². The molecule has 0 unspecified atom stereocenters. The first-order valence-electron chi connectivity index (χ1n) is 5.37. The van der Waals surface area contributed by atoms with Crippen molar-refractivity contribution in [2.45, 2.75) is 6.54 Å². The van der Waals surface area contributed by atoms with Crippen LogP contribution in [-0.2, 0) is 6.54 Å². The Kier molecular flexibility index (Phi) is 2.56. The third-order valence-electron chi connectivity index (χ3n) is 2.65. The minimum atomic E-state index is -0.0309. The lowest BCUT2D eigenvalue weighted by Gasteiger charge is -2.05. The molecule has 0 radical (unpaired) electrons. The molecule has 0 bridgehead atoms. The van der Waals surface area contributed by atoms with Crippen LogP contribution < -0.4 is 11.3 Å². The normalized spacial score (nSPS) is 10.9. The van der Waals surface area contributed by atoms with Crippen LogP contribution in [0.15, 0.2) is 40.9 Å². The number of nitrogens with two attached hydrogens (primary N) is 1. The van der Waals surface area contributed by atoms with Gasteiger partial charge in [0.15, 0.2) is 0 Å². The summed E-state index contributed by atoms with van der Waals surface area (Å²) in [5.41, 5.74) is 6.51. The van der Waals surface area contributed by atoms with E-state index in [1.165, 1.54) is 11.3 Å². The van der Waals surface area contributed by atoms with Crippen LogP contribution in [0.5, 0.6) is 0 Å². The Labute approximate surface area is 107 Å². The smallest absolute Gasteiger partial charge is 0.262 e. The maximum Gasteiger partial charge on any atom is 0.262 e. The lowest BCUT2D eigenvalue weighted by Crippen LogP contribution is -2.20. The number of anilines is 1. The van der Waals surface area contributed by atoms with Gasteiger partial charge in [-0.05, 0) is 29.1 Å². The Morgan fingerprint density at radius 2 is 2.22 bits per heavy atom. The molecule has 0 spiro atoms.